The summed E-state index contributed by atoms with van der Waals surface area (Å²) in [5, 5.41) is 9.17. The molecule has 0 aliphatic carbocycles. The van der Waals surface area contributed by atoms with Gasteiger partial charge in [-0.05, 0) is 5.92 Å². The van der Waals surface area contributed by atoms with E-state index in [9.17, 15) is 9.59 Å². The Kier molecular flexibility index (Phi) is 3.94. The molecule has 16 heavy (non-hydrogen) atoms. The van der Waals surface area contributed by atoms with E-state index in [0.29, 0.717) is 6.54 Å². The summed E-state index contributed by atoms with van der Waals surface area (Å²) in [5.74, 6) is 1.23. The molecule has 1 unspecified atom stereocenters. The monoisotopic (exact) mass is 223 g/mol. The molecule has 1 fully saturated rings. The quantitative estimate of drug-likeness (QED) is 0.722. The highest BCUT2D eigenvalue weighted by Gasteiger charge is 2.39. The maximum atomic E-state index is 11.7. The molecule has 0 saturated carbocycles. The Balaban J connectivity index is 2.85. The van der Waals surface area contributed by atoms with Gasteiger partial charge < -0.3 is 10.0 Å². The Morgan fingerprint density at radius 3 is 2.75 bits per heavy atom. The van der Waals surface area contributed by atoms with Gasteiger partial charge in [0.2, 0.25) is 5.91 Å². The van der Waals surface area contributed by atoms with E-state index in [1.165, 1.54) is 4.90 Å². The van der Waals surface area contributed by atoms with E-state index in [0.717, 1.165) is 6.42 Å². The highest BCUT2D eigenvalue weighted by Crippen LogP contribution is 2.24. The molecule has 1 rings (SSSR count). The number of hydrogen-bond acceptors (Lipinski definition) is 2. The van der Waals surface area contributed by atoms with Crippen molar-refractivity contribution in [1.82, 2.24) is 4.90 Å². The topological polar surface area (TPSA) is 57.6 Å². The molecular formula is C12H17NO3. The average molecular weight is 223 g/mol. The number of carboxylic acid groups (broad SMARTS) is 1. The van der Waals surface area contributed by atoms with Crippen molar-refractivity contribution in [2.24, 2.45) is 11.8 Å². The molecular weight excluding hydrogens is 206 g/mol. The molecule has 1 heterocycles. The molecule has 0 radical (unpaired) electrons. The van der Waals surface area contributed by atoms with Crippen LogP contribution in [-0.4, -0.2) is 34.5 Å². The van der Waals surface area contributed by atoms with Crippen molar-refractivity contribution in [3.63, 3.8) is 0 Å². The SMILES string of the molecule is C#CC1CC(=O)N([C@@H](C(=O)O)[C@@H](C)CC)C1. The van der Waals surface area contributed by atoms with E-state index >= 15 is 0 Å². The van der Waals surface area contributed by atoms with E-state index in [2.05, 4.69) is 5.92 Å². The fourth-order valence-corrected chi connectivity index (χ4v) is 2.02. The van der Waals surface area contributed by atoms with E-state index in [4.69, 9.17) is 11.5 Å². The second-order valence-corrected chi connectivity index (χ2v) is 4.28. The summed E-state index contributed by atoms with van der Waals surface area (Å²) in [6, 6.07) is -0.740. The highest BCUT2D eigenvalue weighted by atomic mass is 16.4. The molecule has 1 amide bonds. The summed E-state index contributed by atoms with van der Waals surface area (Å²) in [7, 11) is 0. The zero-order chi connectivity index (χ0) is 12.3. The van der Waals surface area contributed by atoms with Crippen molar-refractivity contribution in [3.8, 4) is 12.3 Å². The largest absolute Gasteiger partial charge is 0.480 e. The lowest BCUT2D eigenvalue weighted by atomic mass is 9.98. The number of terminal acetylenes is 1. The predicted molar refractivity (Wildman–Crippen MR) is 59.5 cm³/mol. The predicted octanol–water partition coefficient (Wildman–Crippen LogP) is 0.967. The first-order chi connectivity index (χ1) is 7.51. The van der Waals surface area contributed by atoms with Crippen LogP contribution in [0.1, 0.15) is 26.7 Å². The van der Waals surface area contributed by atoms with Crippen molar-refractivity contribution in [3.05, 3.63) is 0 Å². The number of rotatable bonds is 4. The van der Waals surface area contributed by atoms with Crippen molar-refractivity contribution in [1.29, 1.82) is 0 Å². The van der Waals surface area contributed by atoms with E-state index in [1.807, 2.05) is 13.8 Å². The van der Waals surface area contributed by atoms with Crippen molar-refractivity contribution in [2.45, 2.75) is 32.7 Å². The summed E-state index contributed by atoms with van der Waals surface area (Å²) in [6.07, 6.45) is 6.26. The maximum absolute atomic E-state index is 11.7. The Labute approximate surface area is 95.6 Å². The Bertz CT molecular complexity index is 332. The number of nitrogens with zero attached hydrogens (tertiary/aromatic N) is 1. The lowest BCUT2D eigenvalue weighted by molar-refractivity contribution is -0.150. The third-order valence-corrected chi connectivity index (χ3v) is 3.17. The Hall–Kier alpha value is -1.50. The zero-order valence-electron chi connectivity index (χ0n) is 9.64. The fraction of sp³-hybridized carbons (Fsp3) is 0.667. The van der Waals surface area contributed by atoms with E-state index in [-0.39, 0.29) is 24.2 Å². The molecule has 0 aromatic heterocycles. The Morgan fingerprint density at radius 2 is 2.38 bits per heavy atom. The van der Waals surface area contributed by atoms with Crippen LogP contribution in [0.25, 0.3) is 0 Å². The molecule has 1 aliphatic heterocycles. The van der Waals surface area contributed by atoms with Crippen LogP contribution in [0.4, 0.5) is 0 Å². The van der Waals surface area contributed by atoms with E-state index in [1.54, 1.807) is 0 Å². The normalized spacial score (nSPS) is 23.9. The molecule has 0 spiro atoms. The van der Waals surface area contributed by atoms with Crippen LogP contribution in [0, 0.1) is 24.2 Å². The molecule has 3 atom stereocenters. The molecule has 0 bridgehead atoms. The molecule has 1 N–H and O–H groups in total. The van der Waals surface area contributed by atoms with Crippen molar-refractivity contribution >= 4 is 11.9 Å². The third kappa shape index (κ3) is 2.35. The van der Waals surface area contributed by atoms with Gasteiger partial charge in [0.25, 0.3) is 0 Å². The number of amides is 1. The van der Waals surface area contributed by atoms with Crippen LogP contribution in [0.3, 0.4) is 0 Å². The van der Waals surface area contributed by atoms with Gasteiger partial charge in [-0.2, -0.15) is 0 Å². The van der Waals surface area contributed by atoms with Crippen LogP contribution in [-0.2, 0) is 9.59 Å². The number of carbonyl (C=O) groups is 2. The van der Waals surface area contributed by atoms with E-state index < -0.39 is 12.0 Å². The van der Waals surface area contributed by atoms with Gasteiger partial charge in [0, 0.05) is 18.9 Å². The summed E-state index contributed by atoms with van der Waals surface area (Å²) in [6.45, 7) is 4.13. The van der Waals surface area contributed by atoms with Gasteiger partial charge in [-0.25, -0.2) is 4.79 Å². The van der Waals surface area contributed by atoms with Gasteiger partial charge >= 0.3 is 5.97 Å². The van der Waals surface area contributed by atoms with Crippen molar-refractivity contribution < 1.29 is 14.7 Å². The van der Waals surface area contributed by atoms with Crippen LogP contribution >= 0.6 is 0 Å². The lowest BCUT2D eigenvalue weighted by Gasteiger charge is -2.28. The summed E-state index contributed by atoms with van der Waals surface area (Å²) >= 11 is 0. The molecule has 4 heteroatoms. The first-order valence-corrected chi connectivity index (χ1v) is 5.49. The summed E-state index contributed by atoms with van der Waals surface area (Å²) < 4.78 is 0. The van der Waals surface area contributed by atoms with Gasteiger partial charge in [0.1, 0.15) is 6.04 Å². The lowest BCUT2D eigenvalue weighted by Crippen LogP contribution is -2.46. The molecule has 0 aromatic rings. The second kappa shape index (κ2) is 5.02. The summed E-state index contributed by atoms with van der Waals surface area (Å²) in [5.41, 5.74) is 0. The van der Waals surface area contributed by atoms with Gasteiger partial charge in [-0.15, -0.1) is 12.3 Å². The van der Waals surface area contributed by atoms with Gasteiger partial charge in [-0.3, -0.25) is 4.79 Å². The fourth-order valence-electron chi connectivity index (χ4n) is 2.02. The maximum Gasteiger partial charge on any atom is 0.326 e. The third-order valence-electron chi connectivity index (χ3n) is 3.17. The Morgan fingerprint density at radius 1 is 1.75 bits per heavy atom. The molecule has 0 aromatic carbocycles. The standard InChI is InChI=1S/C12H17NO3/c1-4-8(3)11(12(15)16)13-7-9(5-2)6-10(13)14/h2,8-9,11H,4,6-7H2,1,3H3,(H,15,16)/t8-,9?,11+/m0/s1. The number of carbonyl (C=O) groups excluding carboxylic acids is 1. The van der Waals surface area contributed by atoms with Crippen LogP contribution in [0.5, 0.6) is 0 Å². The minimum absolute atomic E-state index is 0.0574. The number of aliphatic carboxylic acids is 1. The first-order valence-electron chi connectivity index (χ1n) is 5.49. The number of likely N-dealkylation sites (tertiary alicyclic amines) is 1. The van der Waals surface area contributed by atoms with Crippen molar-refractivity contribution in [2.75, 3.05) is 6.54 Å². The average Bonchev–Trinajstić information content (AvgIpc) is 2.59. The van der Waals surface area contributed by atoms with Crippen LogP contribution < -0.4 is 0 Å². The molecule has 1 saturated heterocycles. The minimum Gasteiger partial charge on any atom is -0.480 e. The van der Waals surface area contributed by atoms with Gasteiger partial charge in [0.15, 0.2) is 0 Å². The number of carboxylic acids is 1. The van der Waals surface area contributed by atoms with Crippen LogP contribution in [0.2, 0.25) is 0 Å². The molecule has 4 nitrogen and oxygen atoms in total. The minimum atomic E-state index is -0.944. The highest BCUT2D eigenvalue weighted by molar-refractivity contribution is 5.85. The number of hydrogen-bond donors (Lipinski definition) is 1. The molecule has 1 aliphatic rings. The van der Waals surface area contributed by atoms with Crippen LogP contribution in [0.15, 0.2) is 0 Å². The van der Waals surface area contributed by atoms with Gasteiger partial charge in [0.05, 0.1) is 0 Å². The summed E-state index contributed by atoms with van der Waals surface area (Å²) in [4.78, 5) is 24.3. The smallest absolute Gasteiger partial charge is 0.326 e. The van der Waals surface area contributed by atoms with Gasteiger partial charge in [-0.1, -0.05) is 20.3 Å². The first kappa shape index (κ1) is 12.6. The molecule has 88 valence electrons. The second-order valence-electron chi connectivity index (χ2n) is 4.28. The zero-order valence-corrected chi connectivity index (χ0v) is 9.64.